The van der Waals surface area contributed by atoms with Gasteiger partial charge in [0, 0.05) is 0 Å². The summed E-state index contributed by atoms with van der Waals surface area (Å²) in [5.41, 5.74) is 14.8. The molecule has 0 N–H and O–H groups in total. The molecule has 0 amide bonds. The number of rotatable bonds is 17. The van der Waals surface area contributed by atoms with E-state index < -0.39 is 0 Å². The standard InChI is InChI=1S/C45H52/c1-3-5-7-9-11-13-21-31-38-37(30-20-12-10-8-6-4-2)42(35-24-16-14-17-25-35)44-39-32-22-28-34-29-23-33-40(41(34)39)45(44)43(38)36-26-18-15-19-27-36/h14-19,22-29,32-33H,3-13,20-21,30-31H2,1-2H3. The van der Waals surface area contributed by atoms with Crippen LogP contribution in [0.3, 0.4) is 0 Å². The van der Waals surface area contributed by atoms with Crippen LogP contribution in [0.15, 0.2) is 97.1 Å². The fourth-order valence-corrected chi connectivity index (χ4v) is 7.89. The summed E-state index contributed by atoms with van der Waals surface area (Å²) >= 11 is 0. The number of fused-ring (bicyclic) bond motifs is 3. The van der Waals surface area contributed by atoms with E-state index in [1.165, 1.54) is 139 Å². The highest BCUT2D eigenvalue weighted by atomic mass is 14.3. The normalized spacial score (nSPS) is 11.8. The fourth-order valence-electron chi connectivity index (χ4n) is 7.89. The van der Waals surface area contributed by atoms with Gasteiger partial charge in [-0.25, -0.2) is 0 Å². The quantitative estimate of drug-likeness (QED) is 0.0924. The zero-order chi connectivity index (χ0) is 30.8. The molecule has 5 aromatic rings. The summed E-state index contributed by atoms with van der Waals surface area (Å²) in [7, 11) is 0. The molecule has 5 aromatic carbocycles. The fraction of sp³-hybridized carbons (Fsp3) is 0.378. The highest BCUT2D eigenvalue weighted by molar-refractivity contribution is 6.21. The second-order valence-corrected chi connectivity index (χ2v) is 13.3. The van der Waals surface area contributed by atoms with Crippen molar-refractivity contribution in [2.45, 2.75) is 110 Å². The lowest BCUT2D eigenvalue weighted by Gasteiger charge is -2.26. The van der Waals surface area contributed by atoms with E-state index in [0.29, 0.717) is 0 Å². The first kappa shape index (κ1) is 31.3. The van der Waals surface area contributed by atoms with E-state index in [-0.39, 0.29) is 0 Å². The Morgan fingerprint density at radius 1 is 0.356 bits per heavy atom. The lowest BCUT2D eigenvalue weighted by Crippen LogP contribution is -2.06. The van der Waals surface area contributed by atoms with Gasteiger partial charge in [0.05, 0.1) is 0 Å². The molecule has 232 valence electrons. The summed E-state index contributed by atoms with van der Waals surface area (Å²) in [6.45, 7) is 4.63. The van der Waals surface area contributed by atoms with Crippen molar-refractivity contribution in [2.75, 3.05) is 0 Å². The van der Waals surface area contributed by atoms with Crippen LogP contribution in [0.2, 0.25) is 0 Å². The molecule has 6 rings (SSSR count). The molecule has 0 spiro atoms. The molecule has 0 aliphatic heterocycles. The van der Waals surface area contributed by atoms with Crippen molar-refractivity contribution in [2.24, 2.45) is 0 Å². The maximum absolute atomic E-state index is 2.39. The van der Waals surface area contributed by atoms with Crippen LogP contribution in [0, 0.1) is 0 Å². The molecule has 0 saturated heterocycles. The van der Waals surface area contributed by atoms with Crippen LogP contribution in [0.25, 0.3) is 55.3 Å². The first-order valence-corrected chi connectivity index (χ1v) is 18.2. The van der Waals surface area contributed by atoms with E-state index in [1.807, 2.05) is 0 Å². The summed E-state index contributed by atoms with van der Waals surface area (Å²) in [6.07, 6.45) is 19.7. The third kappa shape index (κ3) is 6.81. The molecule has 0 radical (unpaired) electrons. The van der Waals surface area contributed by atoms with Gasteiger partial charge in [-0.1, -0.05) is 182 Å². The Morgan fingerprint density at radius 3 is 1.18 bits per heavy atom. The minimum Gasteiger partial charge on any atom is -0.0654 e. The van der Waals surface area contributed by atoms with Gasteiger partial charge in [-0.05, 0) is 92.1 Å². The van der Waals surface area contributed by atoms with Crippen LogP contribution in [0.1, 0.15) is 108 Å². The average Bonchev–Trinajstić information content (AvgIpc) is 3.41. The van der Waals surface area contributed by atoms with Crippen molar-refractivity contribution in [3.63, 3.8) is 0 Å². The highest BCUT2D eigenvalue weighted by Gasteiger charge is 2.32. The number of hydrogen-bond donors (Lipinski definition) is 0. The number of hydrogen-bond acceptors (Lipinski definition) is 0. The van der Waals surface area contributed by atoms with E-state index in [1.54, 1.807) is 11.1 Å². The molecule has 0 atom stereocenters. The Hall–Kier alpha value is -3.64. The van der Waals surface area contributed by atoms with Crippen molar-refractivity contribution in [1.82, 2.24) is 0 Å². The summed E-state index contributed by atoms with van der Waals surface area (Å²) in [5.74, 6) is 0. The van der Waals surface area contributed by atoms with Gasteiger partial charge in [0.1, 0.15) is 0 Å². The molecule has 0 saturated carbocycles. The molecule has 0 unspecified atom stereocenters. The van der Waals surface area contributed by atoms with Crippen molar-refractivity contribution >= 4 is 10.8 Å². The Kier molecular flexibility index (Phi) is 10.8. The van der Waals surface area contributed by atoms with Gasteiger partial charge in [-0.15, -0.1) is 0 Å². The van der Waals surface area contributed by atoms with Crippen LogP contribution in [-0.2, 0) is 12.8 Å². The van der Waals surface area contributed by atoms with Crippen molar-refractivity contribution in [3.05, 3.63) is 108 Å². The van der Waals surface area contributed by atoms with Gasteiger partial charge >= 0.3 is 0 Å². The molecular formula is C45H52. The van der Waals surface area contributed by atoms with E-state index in [4.69, 9.17) is 0 Å². The number of benzene rings is 5. The molecule has 1 aliphatic rings. The maximum atomic E-state index is 2.39. The van der Waals surface area contributed by atoms with Crippen molar-refractivity contribution in [3.8, 4) is 44.5 Å². The van der Waals surface area contributed by atoms with Gasteiger partial charge in [0.25, 0.3) is 0 Å². The van der Waals surface area contributed by atoms with E-state index in [2.05, 4.69) is 111 Å². The molecule has 0 fully saturated rings. The van der Waals surface area contributed by atoms with E-state index in [9.17, 15) is 0 Å². The minimum absolute atomic E-state index is 1.15. The third-order valence-electron chi connectivity index (χ3n) is 10.1. The molecule has 0 bridgehead atoms. The Bertz CT molecular complexity index is 1670. The summed E-state index contributed by atoms with van der Waals surface area (Å²) in [4.78, 5) is 0. The monoisotopic (exact) mass is 592 g/mol. The van der Waals surface area contributed by atoms with Gasteiger partial charge < -0.3 is 0 Å². The Balaban J connectivity index is 1.55. The second kappa shape index (κ2) is 15.6. The first-order valence-electron chi connectivity index (χ1n) is 18.2. The lowest BCUT2D eigenvalue weighted by atomic mass is 9.77. The predicted octanol–water partition coefficient (Wildman–Crippen LogP) is 14.0. The average molecular weight is 593 g/mol. The zero-order valence-electron chi connectivity index (χ0n) is 27.8. The number of unbranched alkanes of at least 4 members (excludes halogenated alkanes) is 11. The molecule has 0 aromatic heterocycles. The van der Waals surface area contributed by atoms with E-state index in [0.717, 1.165) is 12.8 Å². The first-order chi connectivity index (χ1) is 22.3. The minimum atomic E-state index is 1.15. The smallest absolute Gasteiger partial charge is 0.00109 e. The predicted molar refractivity (Wildman–Crippen MR) is 198 cm³/mol. The Labute approximate surface area is 272 Å². The largest absolute Gasteiger partial charge is 0.0654 e. The van der Waals surface area contributed by atoms with Crippen molar-refractivity contribution < 1.29 is 0 Å². The third-order valence-corrected chi connectivity index (χ3v) is 10.1. The summed E-state index contributed by atoms with van der Waals surface area (Å²) < 4.78 is 0. The molecule has 1 aliphatic carbocycles. The van der Waals surface area contributed by atoms with Gasteiger partial charge in [-0.3, -0.25) is 0 Å². The van der Waals surface area contributed by atoms with Gasteiger partial charge in [0.2, 0.25) is 0 Å². The van der Waals surface area contributed by atoms with Crippen LogP contribution in [0.5, 0.6) is 0 Å². The maximum Gasteiger partial charge on any atom is -0.00109 e. The summed E-state index contributed by atoms with van der Waals surface area (Å²) in [5, 5.41) is 2.79. The highest BCUT2D eigenvalue weighted by Crippen LogP contribution is 2.57. The van der Waals surface area contributed by atoms with E-state index >= 15 is 0 Å². The molecule has 0 nitrogen and oxygen atoms in total. The van der Waals surface area contributed by atoms with Gasteiger partial charge in [0.15, 0.2) is 0 Å². The molecule has 45 heavy (non-hydrogen) atoms. The summed E-state index contributed by atoms with van der Waals surface area (Å²) in [6, 6.07) is 36.7. The zero-order valence-corrected chi connectivity index (χ0v) is 27.8. The van der Waals surface area contributed by atoms with Crippen molar-refractivity contribution in [1.29, 1.82) is 0 Å². The molecular weight excluding hydrogens is 540 g/mol. The van der Waals surface area contributed by atoms with Gasteiger partial charge in [-0.2, -0.15) is 0 Å². The second-order valence-electron chi connectivity index (χ2n) is 13.3. The Morgan fingerprint density at radius 2 is 0.756 bits per heavy atom. The SMILES string of the molecule is CCCCCCCCCc1c(CCCCCCCC)c(-c2ccccc2)c2c(c1-c1ccccc1)-c1cccc3cccc-2c13. The van der Waals surface area contributed by atoms with Crippen LogP contribution < -0.4 is 0 Å². The molecule has 0 heterocycles. The van der Waals surface area contributed by atoms with Crippen LogP contribution >= 0.6 is 0 Å². The van der Waals surface area contributed by atoms with Crippen LogP contribution in [0.4, 0.5) is 0 Å². The topological polar surface area (TPSA) is 0 Å². The molecule has 0 heteroatoms. The van der Waals surface area contributed by atoms with Crippen LogP contribution in [-0.4, -0.2) is 0 Å². The lowest BCUT2D eigenvalue weighted by molar-refractivity contribution is 0.587.